The van der Waals surface area contributed by atoms with Gasteiger partial charge in [0.15, 0.2) is 0 Å². The molecule has 3 nitrogen and oxygen atoms in total. The topological polar surface area (TPSA) is 38.7 Å². The van der Waals surface area contributed by atoms with E-state index < -0.39 is 6.10 Å². The SMILES string of the molecule is COc1ccc(OC)c([C@@H](O)c2ccc(C)s2)c1. The Bertz CT molecular complexity index is 534. The highest BCUT2D eigenvalue weighted by Crippen LogP contribution is 2.35. The molecule has 2 aromatic rings. The molecular formula is C14H16O3S. The number of hydrogen-bond acceptors (Lipinski definition) is 4. The van der Waals surface area contributed by atoms with Crippen LogP contribution in [-0.2, 0) is 0 Å². The minimum Gasteiger partial charge on any atom is -0.497 e. The minimum atomic E-state index is -0.686. The molecular weight excluding hydrogens is 248 g/mol. The lowest BCUT2D eigenvalue weighted by Gasteiger charge is -2.14. The molecule has 0 radical (unpaired) electrons. The lowest BCUT2D eigenvalue weighted by Crippen LogP contribution is -2.01. The van der Waals surface area contributed by atoms with Crippen molar-refractivity contribution in [2.75, 3.05) is 14.2 Å². The number of methoxy groups -OCH3 is 2. The second-order valence-electron chi connectivity index (χ2n) is 3.96. The highest BCUT2D eigenvalue weighted by atomic mass is 32.1. The lowest BCUT2D eigenvalue weighted by molar-refractivity contribution is 0.218. The molecule has 1 N–H and O–H groups in total. The molecule has 4 heteroatoms. The van der Waals surface area contributed by atoms with Crippen LogP contribution in [0.2, 0.25) is 0 Å². The number of ether oxygens (including phenoxy) is 2. The Kier molecular flexibility index (Phi) is 3.89. The Morgan fingerprint density at radius 1 is 1.11 bits per heavy atom. The second-order valence-corrected chi connectivity index (χ2v) is 5.28. The first kappa shape index (κ1) is 12.9. The van der Waals surface area contributed by atoms with E-state index in [9.17, 15) is 5.11 Å². The molecule has 0 aliphatic heterocycles. The average Bonchev–Trinajstić information content (AvgIpc) is 2.83. The zero-order valence-electron chi connectivity index (χ0n) is 10.6. The fourth-order valence-corrected chi connectivity index (χ4v) is 2.69. The van der Waals surface area contributed by atoms with Gasteiger partial charge in [-0.05, 0) is 37.3 Å². The van der Waals surface area contributed by atoms with Gasteiger partial charge in [0, 0.05) is 15.3 Å². The van der Waals surface area contributed by atoms with Crippen molar-refractivity contribution >= 4 is 11.3 Å². The number of aryl methyl sites for hydroxylation is 1. The third-order valence-electron chi connectivity index (χ3n) is 2.76. The van der Waals surface area contributed by atoms with Crippen LogP contribution in [0.25, 0.3) is 0 Å². The van der Waals surface area contributed by atoms with Crippen molar-refractivity contribution in [2.45, 2.75) is 13.0 Å². The quantitative estimate of drug-likeness (QED) is 0.922. The molecule has 0 fully saturated rings. The highest BCUT2D eigenvalue weighted by Gasteiger charge is 2.17. The fourth-order valence-electron chi connectivity index (χ4n) is 1.81. The summed E-state index contributed by atoms with van der Waals surface area (Å²) in [6.07, 6.45) is -0.686. The van der Waals surface area contributed by atoms with Gasteiger partial charge in [-0.1, -0.05) is 0 Å². The van der Waals surface area contributed by atoms with Crippen LogP contribution in [0, 0.1) is 6.92 Å². The largest absolute Gasteiger partial charge is 0.497 e. The maximum Gasteiger partial charge on any atom is 0.125 e. The summed E-state index contributed by atoms with van der Waals surface area (Å²) in [5, 5.41) is 10.4. The van der Waals surface area contributed by atoms with Crippen LogP contribution in [-0.4, -0.2) is 19.3 Å². The highest BCUT2D eigenvalue weighted by molar-refractivity contribution is 7.12. The van der Waals surface area contributed by atoms with Gasteiger partial charge >= 0.3 is 0 Å². The zero-order chi connectivity index (χ0) is 13.1. The van der Waals surface area contributed by atoms with Crippen molar-refractivity contribution in [1.82, 2.24) is 0 Å². The van der Waals surface area contributed by atoms with E-state index in [1.807, 2.05) is 25.1 Å². The summed E-state index contributed by atoms with van der Waals surface area (Å²) < 4.78 is 10.5. The van der Waals surface area contributed by atoms with E-state index in [2.05, 4.69) is 0 Å². The molecule has 0 spiro atoms. The maximum absolute atomic E-state index is 10.4. The molecule has 0 bridgehead atoms. The molecule has 18 heavy (non-hydrogen) atoms. The van der Waals surface area contributed by atoms with Crippen molar-refractivity contribution in [3.63, 3.8) is 0 Å². The van der Waals surface area contributed by atoms with E-state index in [1.165, 1.54) is 4.88 Å². The van der Waals surface area contributed by atoms with Crippen LogP contribution in [0.1, 0.15) is 21.4 Å². The van der Waals surface area contributed by atoms with Gasteiger partial charge in [0.2, 0.25) is 0 Å². The molecule has 96 valence electrons. The number of thiophene rings is 1. The summed E-state index contributed by atoms with van der Waals surface area (Å²) in [7, 11) is 3.20. The molecule has 1 heterocycles. The normalized spacial score (nSPS) is 12.2. The molecule has 1 atom stereocenters. The third-order valence-corrected chi connectivity index (χ3v) is 3.82. The van der Waals surface area contributed by atoms with Gasteiger partial charge in [-0.15, -0.1) is 11.3 Å². The maximum atomic E-state index is 10.4. The van der Waals surface area contributed by atoms with Crippen molar-refractivity contribution in [3.8, 4) is 11.5 Å². The van der Waals surface area contributed by atoms with E-state index >= 15 is 0 Å². The second kappa shape index (κ2) is 5.42. The summed E-state index contributed by atoms with van der Waals surface area (Å²) in [5.41, 5.74) is 0.721. The Hall–Kier alpha value is -1.52. The Morgan fingerprint density at radius 2 is 1.89 bits per heavy atom. The predicted octanol–water partition coefficient (Wildman–Crippen LogP) is 3.16. The van der Waals surface area contributed by atoms with Crippen LogP contribution >= 0.6 is 11.3 Å². The van der Waals surface area contributed by atoms with Gasteiger partial charge in [-0.25, -0.2) is 0 Å². The minimum absolute atomic E-state index is 0.661. The molecule has 0 saturated carbocycles. The summed E-state index contributed by atoms with van der Waals surface area (Å²) in [5.74, 6) is 1.37. The van der Waals surface area contributed by atoms with Crippen molar-refractivity contribution < 1.29 is 14.6 Å². The van der Waals surface area contributed by atoms with Gasteiger partial charge in [-0.3, -0.25) is 0 Å². The first-order valence-electron chi connectivity index (χ1n) is 5.62. The van der Waals surface area contributed by atoms with Crippen LogP contribution in [0.5, 0.6) is 11.5 Å². The molecule has 0 aliphatic rings. The Labute approximate surface area is 111 Å². The lowest BCUT2D eigenvalue weighted by atomic mass is 10.1. The Balaban J connectivity index is 2.41. The summed E-state index contributed by atoms with van der Waals surface area (Å²) in [4.78, 5) is 2.07. The van der Waals surface area contributed by atoms with Crippen LogP contribution in [0.15, 0.2) is 30.3 Å². The van der Waals surface area contributed by atoms with Crippen molar-refractivity contribution in [1.29, 1.82) is 0 Å². The Morgan fingerprint density at radius 3 is 2.44 bits per heavy atom. The predicted molar refractivity (Wildman–Crippen MR) is 72.7 cm³/mol. The zero-order valence-corrected chi connectivity index (χ0v) is 11.5. The van der Waals surface area contributed by atoms with Crippen LogP contribution in [0.4, 0.5) is 0 Å². The molecule has 0 aliphatic carbocycles. The molecule has 1 aromatic heterocycles. The fraction of sp³-hybridized carbons (Fsp3) is 0.286. The average molecular weight is 264 g/mol. The number of aliphatic hydroxyl groups is 1. The van der Waals surface area contributed by atoms with Gasteiger partial charge in [0.25, 0.3) is 0 Å². The third kappa shape index (κ3) is 2.49. The number of aliphatic hydroxyl groups excluding tert-OH is 1. The van der Waals surface area contributed by atoms with E-state index in [4.69, 9.17) is 9.47 Å². The number of rotatable bonds is 4. The molecule has 0 unspecified atom stereocenters. The number of hydrogen-bond donors (Lipinski definition) is 1. The van der Waals surface area contributed by atoms with Crippen molar-refractivity contribution in [3.05, 3.63) is 45.6 Å². The van der Waals surface area contributed by atoms with Crippen LogP contribution in [0.3, 0.4) is 0 Å². The van der Waals surface area contributed by atoms with Gasteiger partial charge < -0.3 is 14.6 Å². The summed E-state index contributed by atoms with van der Waals surface area (Å²) >= 11 is 1.58. The molecule has 0 amide bonds. The first-order valence-corrected chi connectivity index (χ1v) is 6.43. The van der Waals surface area contributed by atoms with Gasteiger partial charge in [0.1, 0.15) is 17.6 Å². The van der Waals surface area contributed by atoms with Gasteiger partial charge in [0.05, 0.1) is 14.2 Å². The van der Waals surface area contributed by atoms with E-state index in [1.54, 1.807) is 37.7 Å². The van der Waals surface area contributed by atoms with Crippen molar-refractivity contribution in [2.24, 2.45) is 0 Å². The smallest absolute Gasteiger partial charge is 0.125 e. The molecule has 2 rings (SSSR count). The standard InChI is InChI=1S/C14H16O3S/c1-9-4-7-13(18-9)14(15)11-8-10(16-2)5-6-12(11)17-3/h4-8,14-15H,1-3H3/t14-/m1/s1. The number of benzene rings is 1. The van der Waals surface area contributed by atoms with Gasteiger partial charge in [-0.2, -0.15) is 0 Å². The van der Waals surface area contributed by atoms with E-state index in [0.717, 1.165) is 10.4 Å². The molecule has 1 aromatic carbocycles. The van der Waals surface area contributed by atoms with Crippen LogP contribution < -0.4 is 9.47 Å². The summed E-state index contributed by atoms with van der Waals surface area (Å²) in [6.45, 7) is 2.02. The summed E-state index contributed by atoms with van der Waals surface area (Å²) in [6, 6.07) is 9.35. The monoisotopic (exact) mass is 264 g/mol. The van der Waals surface area contributed by atoms with E-state index in [0.29, 0.717) is 11.5 Å². The first-order chi connectivity index (χ1) is 8.65. The molecule has 0 saturated heterocycles. The van der Waals surface area contributed by atoms with E-state index in [-0.39, 0.29) is 0 Å².